The number of piperidine rings is 1. The van der Waals surface area contributed by atoms with E-state index in [2.05, 4.69) is 37.7 Å². The number of hydrogen-bond donors (Lipinski definition) is 2. The van der Waals surface area contributed by atoms with Gasteiger partial charge in [-0.25, -0.2) is 4.98 Å². The molecular formula is C17H25N5OS. The van der Waals surface area contributed by atoms with Crippen molar-refractivity contribution >= 4 is 17.2 Å². The average molecular weight is 347 g/mol. The lowest BCUT2D eigenvalue weighted by molar-refractivity contribution is 0.0934. The molecule has 2 N–H and O–H groups in total. The maximum Gasteiger partial charge on any atom is 0.254 e. The first-order valence-electron chi connectivity index (χ1n) is 8.59. The van der Waals surface area contributed by atoms with Crippen LogP contribution in [0.25, 0.3) is 0 Å². The van der Waals surface area contributed by atoms with Gasteiger partial charge >= 0.3 is 0 Å². The number of amides is 1. The van der Waals surface area contributed by atoms with Crippen LogP contribution in [0, 0.1) is 12.8 Å². The fourth-order valence-electron chi connectivity index (χ4n) is 3.07. The third kappa shape index (κ3) is 4.21. The molecule has 3 rings (SSSR count). The van der Waals surface area contributed by atoms with Gasteiger partial charge in [0, 0.05) is 24.2 Å². The molecule has 1 amide bonds. The van der Waals surface area contributed by atoms with E-state index >= 15 is 0 Å². The van der Waals surface area contributed by atoms with Crippen molar-refractivity contribution in [2.24, 2.45) is 5.92 Å². The highest BCUT2D eigenvalue weighted by Crippen LogP contribution is 2.19. The van der Waals surface area contributed by atoms with Gasteiger partial charge in [0.2, 0.25) is 0 Å². The second-order valence-electron chi connectivity index (χ2n) is 6.42. The Kier molecular flexibility index (Phi) is 5.63. The molecule has 1 aliphatic heterocycles. The summed E-state index contributed by atoms with van der Waals surface area (Å²) in [4.78, 5) is 19.2. The first-order valence-corrected chi connectivity index (χ1v) is 9.47. The molecule has 2 aromatic heterocycles. The molecule has 1 aliphatic rings. The Balaban J connectivity index is 1.40. The summed E-state index contributed by atoms with van der Waals surface area (Å²) in [6, 6.07) is 0. The zero-order valence-electron chi connectivity index (χ0n) is 14.3. The monoisotopic (exact) mass is 347 g/mol. The quantitative estimate of drug-likeness (QED) is 0.841. The van der Waals surface area contributed by atoms with Crippen molar-refractivity contribution in [3.05, 3.63) is 33.5 Å². The second-order valence-corrected chi connectivity index (χ2v) is 7.37. The van der Waals surface area contributed by atoms with Gasteiger partial charge < -0.3 is 5.32 Å². The van der Waals surface area contributed by atoms with Crippen LogP contribution in [-0.4, -0.2) is 45.6 Å². The Labute approximate surface area is 146 Å². The smallest absolute Gasteiger partial charge is 0.254 e. The van der Waals surface area contributed by atoms with Gasteiger partial charge in [-0.1, -0.05) is 6.92 Å². The van der Waals surface area contributed by atoms with Crippen LogP contribution in [-0.2, 0) is 13.0 Å². The summed E-state index contributed by atoms with van der Waals surface area (Å²) in [5, 5.41) is 13.1. The largest absolute Gasteiger partial charge is 0.352 e. The number of carbonyl (C=O) groups excluding carboxylic acids is 1. The van der Waals surface area contributed by atoms with E-state index in [1.165, 1.54) is 10.7 Å². The van der Waals surface area contributed by atoms with E-state index in [9.17, 15) is 4.79 Å². The molecule has 0 saturated carbocycles. The number of H-pyrrole nitrogens is 1. The fourth-order valence-corrected chi connectivity index (χ4v) is 3.81. The Hall–Kier alpha value is -1.73. The maximum atomic E-state index is 12.1. The number of likely N-dealkylation sites (tertiary alicyclic amines) is 1. The highest BCUT2D eigenvalue weighted by Gasteiger charge is 2.21. The zero-order chi connectivity index (χ0) is 16.9. The fraction of sp³-hybridized carbons (Fsp3) is 0.588. The Bertz CT molecular complexity index is 672. The van der Waals surface area contributed by atoms with Crippen LogP contribution < -0.4 is 5.32 Å². The van der Waals surface area contributed by atoms with Crippen molar-refractivity contribution in [2.75, 3.05) is 19.6 Å². The number of aryl methyl sites for hydroxylation is 2. The van der Waals surface area contributed by atoms with Crippen molar-refractivity contribution in [2.45, 2.75) is 39.7 Å². The molecule has 0 aromatic carbocycles. The van der Waals surface area contributed by atoms with Crippen LogP contribution in [0.2, 0.25) is 0 Å². The lowest BCUT2D eigenvalue weighted by Gasteiger charge is -2.31. The number of thiazole rings is 1. The van der Waals surface area contributed by atoms with Gasteiger partial charge in [-0.3, -0.25) is 14.8 Å². The van der Waals surface area contributed by atoms with Gasteiger partial charge in [-0.2, -0.15) is 5.10 Å². The minimum Gasteiger partial charge on any atom is -0.352 e. The summed E-state index contributed by atoms with van der Waals surface area (Å²) < 4.78 is 0. The predicted octanol–water partition coefficient (Wildman–Crippen LogP) is 2.38. The second kappa shape index (κ2) is 7.90. The minimum absolute atomic E-state index is 0.0294. The van der Waals surface area contributed by atoms with Crippen molar-refractivity contribution < 1.29 is 4.79 Å². The normalized spacial score (nSPS) is 16.4. The summed E-state index contributed by atoms with van der Waals surface area (Å²) in [7, 11) is 0. The number of nitrogens with zero attached hydrogens (tertiary/aromatic N) is 3. The van der Waals surface area contributed by atoms with Crippen molar-refractivity contribution in [3.63, 3.8) is 0 Å². The number of carbonyl (C=O) groups is 1. The topological polar surface area (TPSA) is 73.9 Å². The zero-order valence-corrected chi connectivity index (χ0v) is 15.2. The predicted molar refractivity (Wildman–Crippen MR) is 95.2 cm³/mol. The summed E-state index contributed by atoms with van der Waals surface area (Å²) in [6.45, 7) is 7.85. The lowest BCUT2D eigenvalue weighted by atomic mass is 9.96. The van der Waals surface area contributed by atoms with Crippen LogP contribution in [0.1, 0.15) is 46.5 Å². The molecule has 0 atom stereocenters. The van der Waals surface area contributed by atoms with Gasteiger partial charge in [0.05, 0.1) is 22.5 Å². The van der Waals surface area contributed by atoms with E-state index in [0.717, 1.165) is 51.1 Å². The number of rotatable bonds is 6. The molecule has 0 bridgehead atoms. The minimum atomic E-state index is -0.0294. The van der Waals surface area contributed by atoms with Gasteiger partial charge in [-0.05, 0) is 45.2 Å². The van der Waals surface area contributed by atoms with Gasteiger partial charge in [-0.15, -0.1) is 11.3 Å². The molecule has 0 aliphatic carbocycles. The van der Waals surface area contributed by atoms with Crippen LogP contribution in [0.5, 0.6) is 0 Å². The summed E-state index contributed by atoms with van der Waals surface area (Å²) in [5.41, 5.74) is 2.65. The van der Waals surface area contributed by atoms with E-state index in [-0.39, 0.29) is 5.91 Å². The maximum absolute atomic E-state index is 12.1. The molecule has 0 spiro atoms. The molecule has 6 nitrogen and oxygen atoms in total. The molecule has 0 unspecified atom stereocenters. The molecule has 2 aromatic rings. The number of hydrogen-bond acceptors (Lipinski definition) is 5. The van der Waals surface area contributed by atoms with Crippen LogP contribution >= 0.6 is 11.3 Å². The van der Waals surface area contributed by atoms with Gasteiger partial charge in [0.25, 0.3) is 5.91 Å². The Morgan fingerprint density at radius 1 is 1.46 bits per heavy atom. The van der Waals surface area contributed by atoms with Crippen LogP contribution in [0.4, 0.5) is 0 Å². The van der Waals surface area contributed by atoms with Crippen molar-refractivity contribution in [3.8, 4) is 0 Å². The first kappa shape index (κ1) is 17.1. The Morgan fingerprint density at radius 2 is 2.25 bits per heavy atom. The third-order valence-corrected chi connectivity index (χ3v) is 5.66. The summed E-state index contributed by atoms with van der Waals surface area (Å²) >= 11 is 1.76. The van der Waals surface area contributed by atoms with Crippen LogP contribution in [0.3, 0.4) is 0 Å². The molecule has 24 heavy (non-hydrogen) atoms. The van der Waals surface area contributed by atoms with E-state index in [1.807, 2.05) is 6.92 Å². The number of aromatic amines is 1. The van der Waals surface area contributed by atoms with E-state index < -0.39 is 0 Å². The van der Waals surface area contributed by atoms with E-state index in [4.69, 9.17) is 0 Å². The molecule has 130 valence electrons. The number of aromatic nitrogens is 3. The van der Waals surface area contributed by atoms with E-state index in [0.29, 0.717) is 11.5 Å². The highest BCUT2D eigenvalue weighted by molar-refractivity contribution is 7.09. The van der Waals surface area contributed by atoms with E-state index in [1.54, 1.807) is 17.5 Å². The van der Waals surface area contributed by atoms with Crippen molar-refractivity contribution in [1.82, 2.24) is 25.4 Å². The van der Waals surface area contributed by atoms with Crippen molar-refractivity contribution in [1.29, 1.82) is 0 Å². The number of nitrogens with one attached hydrogen (secondary N) is 2. The molecule has 7 heteroatoms. The molecular weight excluding hydrogens is 322 g/mol. The molecule has 0 radical (unpaired) electrons. The highest BCUT2D eigenvalue weighted by atomic mass is 32.1. The average Bonchev–Trinajstić information content (AvgIpc) is 3.22. The summed E-state index contributed by atoms with van der Waals surface area (Å²) in [5.74, 6) is 0.525. The Morgan fingerprint density at radius 3 is 2.88 bits per heavy atom. The molecule has 3 heterocycles. The first-order chi connectivity index (χ1) is 11.7. The van der Waals surface area contributed by atoms with Gasteiger partial charge in [0.15, 0.2) is 0 Å². The molecule has 1 saturated heterocycles. The van der Waals surface area contributed by atoms with Gasteiger partial charge in [0.1, 0.15) is 0 Å². The SMILES string of the molecule is CCc1nc(CN2CCC(CNC(=O)c3cn[nH]c3C)CC2)cs1. The van der Waals surface area contributed by atoms with Crippen LogP contribution in [0.15, 0.2) is 11.6 Å². The summed E-state index contributed by atoms with van der Waals surface area (Å²) in [6.07, 6.45) is 4.85. The third-order valence-electron chi connectivity index (χ3n) is 4.62. The standard InChI is InChI=1S/C17H25N5OS/c1-3-16-20-14(11-24-16)10-22-6-4-13(5-7-22)8-18-17(23)15-9-19-21-12(15)2/h9,11,13H,3-8,10H2,1-2H3,(H,18,23)(H,19,21). The lowest BCUT2D eigenvalue weighted by Crippen LogP contribution is -2.38. The molecule has 1 fully saturated rings.